The lowest BCUT2D eigenvalue weighted by Crippen LogP contribution is -2.26. The summed E-state index contributed by atoms with van der Waals surface area (Å²) in [6, 6.07) is 6.15. The summed E-state index contributed by atoms with van der Waals surface area (Å²) in [5.74, 6) is 0.841. The molecule has 0 saturated carbocycles. The van der Waals surface area contributed by atoms with Crippen LogP contribution in [0.4, 0.5) is 0 Å². The van der Waals surface area contributed by atoms with Crippen molar-refractivity contribution in [1.82, 2.24) is 15.2 Å². The van der Waals surface area contributed by atoms with Crippen LogP contribution in [0.2, 0.25) is 0 Å². The third-order valence-corrected chi connectivity index (χ3v) is 3.27. The van der Waals surface area contributed by atoms with Gasteiger partial charge < -0.3 is 10.2 Å². The molecule has 1 aromatic rings. The van der Waals surface area contributed by atoms with E-state index in [9.17, 15) is 0 Å². The molecule has 0 amide bonds. The minimum absolute atomic E-state index is 0.841. The second-order valence-corrected chi connectivity index (χ2v) is 4.58. The maximum absolute atomic E-state index is 4.36. The van der Waals surface area contributed by atoms with Gasteiger partial charge in [0.25, 0.3) is 0 Å². The Hall–Kier alpha value is -0.930. The van der Waals surface area contributed by atoms with Gasteiger partial charge in [0.1, 0.15) is 0 Å². The van der Waals surface area contributed by atoms with E-state index in [4.69, 9.17) is 0 Å². The average molecular weight is 219 g/mol. The van der Waals surface area contributed by atoms with Crippen LogP contribution in [0.1, 0.15) is 12.1 Å². The average Bonchev–Trinajstić information content (AvgIpc) is 2.76. The fourth-order valence-corrected chi connectivity index (χ4v) is 2.39. The second-order valence-electron chi connectivity index (χ2n) is 4.58. The molecule has 1 aliphatic rings. The predicted octanol–water partition coefficient (Wildman–Crippen LogP) is 1.17. The van der Waals surface area contributed by atoms with Crippen molar-refractivity contribution >= 4 is 0 Å². The Morgan fingerprint density at radius 2 is 2.44 bits per heavy atom. The van der Waals surface area contributed by atoms with Gasteiger partial charge in [-0.15, -0.1) is 0 Å². The number of hydrogen-bond donors (Lipinski definition) is 1. The fraction of sp³-hybridized carbons (Fsp3) is 0.615. The van der Waals surface area contributed by atoms with Gasteiger partial charge in [-0.1, -0.05) is 6.07 Å². The lowest BCUT2D eigenvalue weighted by atomic mass is 10.1. The van der Waals surface area contributed by atoms with Crippen LogP contribution < -0.4 is 5.32 Å². The van der Waals surface area contributed by atoms with Gasteiger partial charge in [-0.3, -0.25) is 4.98 Å². The van der Waals surface area contributed by atoms with E-state index in [2.05, 4.69) is 27.3 Å². The Kier molecular flexibility index (Phi) is 4.31. The van der Waals surface area contributed by atoms with E-state index in [1.165, 1.54) is 25.2 Å². The highest BCUT2D eigenvalue weighted by molar-refractivity contribution is 5.03. The van der Waals surface area contributed by atoms with Gasteiger partial charge in [0.2, 0.25) is 0 Å². The summed E-state index contributed by atoms with van der Waals surface area (Å²) in [6.45, 7) is 4.80. The van der Waals surface area contributed by atoms with E-state index >= 15 is 0 Å². The Morgan fingerprint density at radius 1 is 1.50 bits per heavy atom. The largest absolute Gasteiger partial charge is 0.319 e. The Balaban J connectivity index is 1.72. The minimum atomic E-state index is 0.841. The predicted molar refractivity (Wildman–Crippen MR) is 66.4 cm³/mol. The van der Waals surface area contributed by atoms with Crippen molar-refractivity contribution in [1.29, 1.82) is 0 Å². The van der Waals surface area contributed by atoms with Crippen LogP contribution in [-0.4, -0.2) is 43.1 Å². The Bertz CT molecular complexity index is 299. The van der Waals surface area contributed by atoms with Gasteiger partial charge in [0.05, 0.1) is 0 Å². The molecule has 1 N–H and O–H groups in total. The zero-order valence-electron chi connectivity index (χ0n) is 10.0. The molecule has 1 atom stereocenters. The van der Waals surface area contributed by atoms with E-state index < -0.39 is 0 Å². The summed E-state index contributed by atoms with van der Waals surface area (Å²) in [4.78, 5) is 6.91. The van der Waals surface area contributed by atoms with Crippen molar-refractivity contribution < 1.29 is 0 Å². The number of hydrogen-bond acceptors (Lipinski definition) is 3. The van der Waals surface area contributed by atoms with Gasteiger partial charge in [-0.25, -0.2) is 0 Å². The third kappa shape index (κ3) is 3.29. The quantitative estimate of drug-likeness (QED) is 0.805. The van der Waals surface area contributed by atoms with E-state index in [0.717, 1.165) is 25.4 Å². The topological polar surface area (TPSA) is 28.2 Å². The van der Waals surface area contributed by atoms with Crippen molar-refractivity contribution in [3.05, 3.63) is 30.1 Å². The van der Waals surface area contributed by atoms with Crippen molar-refractivity contribution in [2.45, 2.75) is 12.8 Å². The molecule has 0 aromatic carbocycles. The Labute approximate surface area is 97.9 Å². The summed E-state index contributed by atoms with van der Waals surface area (Å²) in [7, 11) is 2.04. The van der Waals surface area contributed by atoms with Gasteiger partial charge >= 0.3 is 0 Å². The maximum Gasteiger partial charge on any atom is 0.0416 e. The minimum Gasteiger partial charge on any atom is -0.319 e. The molecule has 16 heavy (non-hydrogen) atoms. The standard InChI is InChI=1S/C13H21N3/c1-14-10-12-5-8-16(11-12)9-6-13-4-2-3-7-15-13/h2-4,7,12,14H,5-6,8-11H2,1H3. The molecule has 0 radical (unpaired) electrons. The lowest BCUT2D eigenvalue weighted by Gasteiger charge is -2.15. The van der Waals surface area contributed by atoms with Gasteiger partial charge in [0.15, 0.2) is 0 Å². The first-order valence-electron chi connectivity index (χ1n) is 6.15. The first-order chi connectivity index (χ1) is 7.88. The first kappa shape index (κ1) is 11.6. The van der Waals surface area contributed by atoms with Crippen molar-refractivity contribution in [2.75, 3.05) is 33.2 Å². The van der Waals surface area contributed by atoms with Crippen molar-refractivity contribution in [3.63, 3.8) is 0 Å². The molecule has 0 spiro atoms. The molecule has 1 fully saturated rings. The number of pyridine rings is 1. The molecular formula is C13H21N3. The summed E-state index contributed by atoms with van der Waals surface area (Å²) in [6.07, 6.45) is 4.29. The zero-order valence-corrected chi connectivity index (χ0v) is 10.0. The van der Waals surface area contributed by atoms with Crippen LogP contribution in [0.3, 0.4) is 0 Å². The highest BCUT2D eigenvalue weighted by Gasteiger charge is 2.21. The molecule has 2 heterocycles. The summed E-state index contributed by atoms with van der Waals surface area (Å²) >= 11 is 0. The van der Waals surface area contributed by atoms with Crippen LogP contribution >= 0.6 is 0 Å². The van der Waals surface area contributed by atoms with Gasteiger partial charge in [-0.05, 0) is 44.6 Å². The molecular weight excluding hydrogens is 198 g/mol. The SMILES string of the molecule is CNCC1CCN(CCc2ccccn2)C1. The zero-order chi connectivity index (χ0) is 11.2. The van der Waals surface area contributed by atoms with Crippen LogP contribution in [0, 0.1) is 5.92 Å². The van der Waals surface area contributed by atoms with Crippen molar-refractivity contribution in [3.8, 4) is 0 Å². The number of likely N-dealkylation sites (tertiary alicyclic amines) is 1. The van der Waals surface area contributed by atoms with E-state index in [-0.39, 0.29) is 0 Å². The van der Waals surface area contributed by atoms with E-state index in [0.29, 0.717) is 0 Å². The van der Waals surface area contributed by atoms with Crippen molar-refractivity contribution in [2.24, 2.45) is 5.92 Å². The van der Waals surface area contributed by atoms with E-state index in [1.54, 1.807) is 0 Å². The molecule has 88 valence electrons. The molecule has 1 unspecified atom stereocenters. The molecule has 1 aromatic heterocycles. The van der Waals surface area contributed by atoms with Gasteiger partial charge in [-0.2, -0.15) is 0 Å². The molecule has 3 nitrogen and oxygen atoms in total. The molecule has 1 saturated heterocycles. The number of nitrogens with one attached hydrogen (secondary N) is 1. The highest BCUT2D eigenvalue weighted by atomic mass is 15.1. The number of aromatic nitrogens is 1. The van der Waals surface area contributed by atoms with Crippen LogP contribution in [-0.2, 0) is 6.42 Å². The van der Waals surface area contributed by atoms with Crippen LogP contribution in [0.15, 0.2) is 24.4 Å². The molecule has 0 aliphatic carbocycles. The molecule has 1 aliphatic heterocycles. The number of rotatable bonds is 5. The molecule has 0 bridgehead atoms. The number of nitrogens with zero attached hydrogens (tertiary/aromatic N) is 2. The normalized spacial score (nSPS) is 21.4. The summed E-state index contributed by atoms with van der Waals surface area (Å²) in [5.41, 5.74) is 1.21. The molecule has 2 rings (SSSR count). The first-order valence-corrected chi connectivity index (χ1v) is 6.15. The van der Waals surface area contributed by atoms with Gasteiger partial charge in [0, 0.05) is 31.4 Å². The summed E-state index contributed by atoms with van der Waals surface area (Å²) in [5, 5.41) is 3.26. The van der Waals surface area contributed by atoms with Crippen LogP contribution in [0.25, 0.3) is 0 Å². The lowest BCUT2D eigenvalue weighted by molar-refractivity contribution is 0.326. The van der Waals surface area contributed by atoms with E-state index in [1.807, 2.05) is 19.3 Å². The maximum atomic E-state index is 4.36. The smallest absolute Gasteiger partial charge is 0.0416 e. The third-order valence-electron chi connectivity index (χ3n) is 3.27. The monoisotopic (exact) mass is 219 g/mol. The van der Waals surface area contributed by atoms with Crippen LogP contribution in [0.5, 0.6) is 0 Å². The second kappa shape index (κ2) is 5.97. The highest BCUT2D eigenvalue weighted by Crippen LogP contribution is 2.15. The fourth-order valence-electron chi connectivity index (χ4n) is 2.39. The summed E-state index contributed by atoms with van der Waals surface area (Å²) < 4.78 is 0. The molecule has 3 heteroatoms. The Morgan fingerprint density at radius 3 is 3.19 bits per heavy atom.